The largest absolute Gasteiger partial charge is 0.385 e. The molecule has 1 fully saturated rings. The highest BCUT2D eigenvalue weighted by atomic mass is 16.5. The number of hydrogen-bond donors (Lipinski definition) is 1. The second-order valence-corrected chi connectivity index (χ2v) is 6.11. The van der Waals surface area contributed by atoms with Crippen molar-refractivity contribution in [2.75, 3.05) is 26.8 Å². The number of amides is 1. The van der Waals surface area contributed by atoms with Crippen molar-refractivity contribution >= 4 is 5.91 Å². The van der Waals surface area contributed by atoms with E-state index in [1.54, 1.807) is 13.3 Å². The number of aromatic nitrogens is 2. The summed E-state index contributed by atoms with van der Waals surface area (Å²) in [6.07, 6.45) is 6.88. The highest BCUT2D eigenvalue weighted by Crippen LogP contribution is 2.23. The van der Waals surface area contributed by atoms with Crippen LogP contribution in [0.25, 0.3) is 11.1 Å². The van der Waals surface area contributed by atoms with Crippen molar-refractivity contribution in [1.29, 1.82) is 0 Å². The van der Waals surface area contributed by atoms with Crippen LogP contribution >= 0.6 is 0 Å². The van der Waals surface area contributed by atoms with Gasteiger partial charge < -0.3 is 9.64 Å². The molecule has 0 radical (unpaired) electrons. The number of ether oxygens (including phenoxy) is 1. The number of methoxy groups -OCH3 is 1. The van der Waals surface area contributed by atoms with E-state index < -0.39 is 0 Å². The van der Waals surface area contributed by atoms with Crippen molar-refractivity contribution in [3.05, 3.63) is 42.2 Å². The molecule has 0 unspecified atom stereocenters. The second-order valence-electron chi connectivity index (χ2n) is 6.11. The number of aromatic amines is 1. The van der Waals surface area contributed by atoms with Crippen LogP contribution in [0.4, 0.5) is 0 Å². The summed E-state index contributed by atoms with van der Waals surface area (Å²) in [5.74, 6) is 0.669. The summed E-state index contributed by atoms with van der Waals surface area (Å²) < 4.78 is 5.17. The second kappa shape index (κ2) is 7.42. The third-order valence-corrected chi connectivity index (χ3v) is 4.48. The molecule has 1 aliphatic rings. The smallest absolute Gasteiger partial charge is 0.253 e. The molecule has 0 spiro atoms. The molecular formula is C18H23N3O2. The van der Waals surface area contributed by atoms with Crippen LogP contribution in [-0.4, -0.2) is 47.8 Å². The lowest BCUT2D eigenvalue weighted by molar-refractivity contribution is 0.0642. The molecule has 0 saturated carbocycles. The van der Waals surface area contributed by atoms with Gasteiger partial charge in [0.25, 0.3) is 5.91 Å². The maximum absolute atomic E-state index is 12.8. The molecule has 5 nitrogen and oxygen atoms in total. The number of piperidine rings is 1. The maximum atomic E-state index is 12.8. The predicted molar refractivity (Wildman–Crippen MR) is 89.1 cm³/mol. The third-order valence-electron chi connectivity index (χ3n) is 4.48. The van der Waals surface area contributed by atoms with Gasteiger partial charge in [-0.2, -0.15) is 5.10 Å². The number of likely N-dealkylation sites (tertiary alicyclic amines) is 1. The van der Waals surface area contributed by atoms with E-state index in [0.29, 0.717) is 5.92 Å². The Bertz CT molecular complexity index is 639. The molecule has 5 heteroatoms. The number of hydrogen-bond acceptors (Lipinski definition) is 3. The Morgan fingerprint density at radius 2 is 2.35 bits per heavy atom. The van der Waals surface area contributed by atoms with E-state index >= 15 is 0 Å². The number of nitrogens with one attached hydrogen (secondary N) is 1. The fraction of sp³-hybridized carbons (Fsp3) is 0.444. The number of H-pyrrole nitrogens is 1. The highest BCUT2D eigenvalue weighted by Gasteiger charge is 2.24. The molecule has 1 aliphatic heterocycles. The van der Waals surface area contributed by atoms with Crippen LogP contribution in [0.1, 0.15) is 29.6 Å². The zero-order valence-corrected chi connectivity index (χ0v) is 13.5. The quantitative estimate of drug-likeness (QED) is 0.923. The Kier molecular flexibility index (Phi) is 5.08. The number of nitrogens with zero attached hydrogens (tertiary/aromatic N) is 2. The van der Waals surface area contributed by atoms with E-state index in [1.807, 2.05) is 35.4 Å². The topological polar surface area (TPSA) is 58.2 Å². The predicted octanol–water partition coefficient (Wildman–Crippen LogP) is 2.97. The molecule has 3 rings (SSSR count). The van der Waals surface area contributed by atoms with Crippen LogP contribution in [0.3, 0.4) is 0 Å². The first-order valence-corrected chi connectivity index (χ1v) is 8.15. The number of rotatable bonds is 5. The van der Waals surface area contributed by atoms with Gasteiger partial charge in [-0.05, 0) is 42.9 Å². The lowest BCUT2D eigenvalue weighted by atomic mass is 9.94. The average molecular weight is 313 g/mol. The van der Waals surface area contributed by atoms with Crippen molar-refractivity contribution in [3.8, 4) is 11.1 Å². The Balaban J connectivity index is 1.71. The molecule has 2 heterocycles. The fourth-order valence-corrected chi connectivity index (χ4v) is 3.19. The first-order valence-electron chi connectivity index (χ1n) is 8.15. The molecule has 1 aromatic heterocycles. The van der Waals surface area contributed by atoms with Crippen molar-refractivity contribution < 1.29 is 9.53 Å². The van der Waals surface area contributed by atoms with E-state index in [4.69, 9.17) is 4.74 Å². The van der Waals surface area contributed by atoms with Gasteiger partial charge in [-0.25, -0.2) is 0 Å². The van der Waals surface area contributed by atoms with Gasteiger partial charge in [0.05, 0.1) is 6.20 Å². The monoisotopic (exact) mass is 313 g/mol. The zero-order chi connectivity index (χ0) is 16.1. The summed E-state index contributed by atoms with van der Waals surface area (Å²) in [4.78, 5) is 14.8. The van der Waals surface area contributed by atoms with Crippen LogP contribution in [0.2, 0.25) is 0 Å². The lowest BCUT2D eigenvalue weighted by Crippen LogP contribution is -2.40. The van der Waals surface area contributed by atoms with Crippen LogP contribution in [0.15, 0.2) is 36.7 Å². The van der Waals surface area contributed by atoms with Gasteiger partial charge in [-0.3, -0.25) is 9.89 Å². The van der Waals surface area contributed by atoms with Crippen LogP contribution < -0.4 is 0 Å². The van der Waals surface area contributed by atoms with Crippen LogP contribution in [0, 0.1) is 5.92 Å². The van der Waals surface area contributed by atoms with Crippen molar-refractivity contribution in [1.82, 2.24) is 15.1 Å². The molecule has 2 aromatic rings. The van der Waals surface area contributed by atoms with E-state index in [9.17, 15) is 4.79 Å². The molecule has 1 aromatic carbocycles. The molecule has 1 amide bonds. The summed E-state index contributed by atoms with van der Waals surface area (Å²) in [6, 6.07) is 7.78. The molecule has 0 aliphatic carbocycles. The molecular weight excluding hydrogens is 290 g/mol. The standard InChI is InChI=1S/C18H23N3O2/c1-23-9-7-14-4-3-8-21(13-14)18(22)16-6-2-5-15(10-16)17-11-19-20-12-17/h2,5-6,10-12,14H,3-4,7-9,13H2,1H3,(H,19,20)/t14-/m0/s1. The minimum absolute atomic E-state index is 0.123. The Labute approximate surface area is 136 Å². The number of benzene rings is 1. The number of carbonyl (C=O) groups excluding carboxylic acids is 1. The van der Waals surface area contributed by atoms with E-state index in [0.717, 1.165) is 49.2 Å². The normalized spacial score (nSPS) is 18.1. The number of carbonyl (C=O) groups is 1. The minimum atomic E-state index is 0.123. The van der Waals surface area contributed by atoms with Gasteiger partial charge in [0.15, 0.2) is 0 Å². The van der Waals surface area contributed by atoms with Gasteiger partial charge >= 0.3 is 0 Å². The van der Waals surface area contributed by atoms with Crippen LogP contribution in [0.5, 0.6) is 0 Å². The zero-order valence-electron chi connectivity index (χ0n) is 13.5. The first-order chi connectivity index (χ1) is 11.3. The summed E-state index contributed by atoms with van der Waals surface area (Å²) in [5, 5.41) is 6.78. The van der Waals surface area contributed by atoms with Crippen molar-refractivity contribution in [2.24, 2.45) is 5.92 Å². The summed E-state index contributed by atoms with van der Waals surface area (Å²) in [5.41, 5.74) is 2.75. The molecule has 122 valence electrons. The molecule has 1 saturated heterocycles. The maximum Gasteiger partial charge on any atom is 0.253 e. The SMILES string of the molecule is COCC[C@@H]1CCCN(C(=O)c2cccc(-c3cn[nH]c3)c2)C1. The van der Waals surface area contributed by atoms with Gasteiger partial charge in [0.1, 0.15) is 0 Å². The lowest BCUT2D eigenvalue weighted by Gasteiger charge is -2.33. The molecule has 0 bridgehead atoms. The van der Waals surface area contributed by atoms with Crippen molar-refractivity contribution in [2.45, 2.75) is 19.3 Å². The van der Waals surface area contributed by atoms with E-state index in [2.05, 4.69) is 10.2 Å². The Hall–Kier alpha value is -2.14. The Morgan fingerprint density at radius 3 is 3.13 bits per heavy atom. The van der Waals surface area contributed by atoms with Gasteiger partial charge in [-0.15, -0.1) is 0 Å². The molecule has 23 heavy (non-hydrogen) atoms. The summed E-state index contributed by atoms with van der Waals surface area (Å²) in [6.45, 7) is 2.44. The average Bonchev–Trinajstić information content (AvgIpc) is 3.14. The highest BCUT2D eigenvalue weighted by molar-refractivity contribution is 5.95. The molecule has 1 atom stereocenters. The van der Waals surface area contributed by atoms with Crippen molar-refractivity contribution in [3.63, 3.8) is 0 Å². The third kappa shape index (κ3) is 3.79. The first kappa shape index (κ1) is 15.7. The van der Waals surface area contributed by atoms with Gasteiger partial charge in [0.2, 0.25) is 0 Å². The van der Waals surface area contributed by atoms with Gasteiger partial charge in [-0.1, -0.05) is 12.1 Å². The molecule has 1 N–H and O–H groups in total. The fourth-order valence-electron chi connectivity index (χ4n) is 3.19. The summed E-state index contributed by atoms with van der Waals surface area (Å²) >= 11 is 0. The van der Waals surface area contributed by atoms with Crippen LogP contribution in [-0.2, 0) is 4.74 Å². The van der Waals surface area contributed by atoms with Gasteiger partial charge in [0, 0.05) is 44.1 Å². The van der Waals surface area contributed by atoms with E-state index in [-0.39, 0.29) is 5.91 Å². The Morgan fingerprint density at radius 1 is 1.43 bits per heavy atom. The minimum Gasteiger partial charge on any atom is -0.385 e. The van der Waals surface area contributed by atoms with E-state index in [1.165, 1.54) is 6.42 Å². The summed E-state index contributed by atoms with van der Waals surface area (Å²) in [7, 11) is 1.73.